The minimum absolute atomic E-state index is 0.0852. The minimum atomic E-state index is -0.794. The molecule has 3 N–H and O–H groups in total. The second kappa shape index (κ2) is 13.5. The summed E-state index contributed by atoms with van der Waals surface area (Å²) in [6.07, 6.45) is 1.48. The fraction of sp³-hybridized carbons (Fsp3) is 0.118. The molecule has 1 atom stereocenters. The number of nitrogens with zero attached hydrogens (tertiary/aromatic N) is 1. The van der Waals surface area contributed by atoms with Gasteiger partial charge in [0.1, 0.15) is 5.76 Å². The number of thioether (sulfide) groups is 1. The Morgan fingerprint density at radius 1 is 0.977 bits per heavy atom. The van der Waals surface area contributed by atoms with E-state index in [-0.39, 0.29) is 28.6 Å². The molecule has 220 valence electrons. The van der Waals surface area contributed by atoms with Crippen LogP contribution in [0.4, 0.5) is 11.4 Å². The maximum atomic E-state index is 13.6. The van der Waals surface area contributed by atoms with Crippen molar-refractivity contribution in [3.05, 3.63) is 141 Å². The van der Waals surface area contributed by atoms with Gasteiger partial charge in [0.05, 0.1) is 45.9 Å². The van der Waals surface area contributed by atoms with E-state index < -0.39 is 11.8 Å². The number of hydrogen-bond acceptors (Lipinski definition) is 7. The number of carbonyl (C=O) groups excluding carboxylic acids is 3. The van der Waals surface area contributed by atoms with Crippen LogP contribution in [-0.4, -0.2) is 23.4 Å². The normalized spacial score (nSPS) is 14.5. The van der Waals surface area contributed by atoms with E-state index in [1.807, 2.05) is 31.2 Å². The summed E-state index contributed by atoms with van der Waals surface area (Å²) in [6, 6.07) is 26.5. The number of allylic oxidation sites excluding steroid dienone is 2. The zero-order valence-corrected chi connectivity index (χ0v) is 25.4. The number of benzene rings is 3. The lowest BCUT2D eigenvalue weighted by Crippen LogP contribution is -2.31. The second-order valence-electron chi connectivity index (χ2n) is 10.0. The summed E-state index contributed by atoms with van der Waals surface area (Å²) in [6.45, 7) is 3.67. The smallest absolute Gasteiger partial charge is 0.254 e. The number of hydrogen-bond donors (Lipinski definition) is 3. The second-order valence-corrected chi connectivity index (χ2v) is 11.4. The fourth-order valence-corrected chi connectivity index (χ4v) is 5.94. The van der Waals surface area contributed by atoms with E-state index in [4.69, 9.17) is 16.0 Å². The summed E-state index contributed by atoms with van der Waals surface area (Å²) in [5.41, 5.74) is 3.74. The lowest BCUT2D eigenvalue weighted by Gasteiger charge is -2.28. The van der Waals surface area contributed by atoms with Crippen molar-refractivity contribution >= 4 is 52.3 Å². The number of halogens is 1. The van der Waals surface area contributed by atoms with Crippen LogP contribution < -0.4 is 16.0 Å². The van der Waals surface area contributed by atoms with Crippen LogP contribution in [-0.2, 0) is 9.59 Å². The highest BCUT2D eigenvalue weighted by Crippen LogP contribution is 2.41. The Bertz CT molecular complexity index is 1840. The SMILES string of the molecule is CC1=C(C(=O)Nc2cccc(C)c2)[C@H](c2ccco2)C(C#N)=C(SCC(=O)Nc2ccc(Cl)cc2C(=O)c2ccccc2)N1. The predicted molar refractivity (Wildman–Crippen MR) is 172 cm³/mol. The third-order valence-corrected chi connectivity index (χ3v) is 8.13. The molecule has 0 saturated heterocycles. The standard InChI is InChI=1S/C34H27ClN4O4S/c1-20-8-6-11-24(16-20)38-33(42)30-21(2)37-34(26(18-36)31(30)28-12-7-15-43-28)44-19-29(40)39-27-14-13-23(35)17-25(27)32(41)22-9-4-3-5-10-22/h3-17,31,37H,19H2,1-2H3,(H,38,42)(H,39,40)/t31-/m0/s1. The van der Waals surface area contributed by atoms with Crippen molar-refractivity contribution in [3.8, 4) is 6.07 Å². The van der Waals surface area contributed by atoms with Gasteiger partial charge in [-0.2, -0.15) is 5.26 Å². The van der Waals surface area contributed by atoms with Gasteiger partial charge in [-0.05, 0) is 61.9 Å². The monoisotopic (exact) mass is 622 g/mol. The topological polar surface area (TPSA) is 124 Å². The number of dihydropyridines is 1. The summed E-state index contributed by atoms with van der Waals surface area (Å²) >= 11 is 7.29. The molecule has 2 heterocycles. The van der Waals surface area contributed by atoms with E-state index >= 15 is 0 Å². The zero-order valence-electron chi connectivity index (χ0n) is 23.8. The van der Waals surface area contributed by atoms with Crippen LogP contribution >= 0.6 is 23.4 Å². The molecule has 8 nitrogen and oxygen atoms in total. The van der Waals surface area contributed by atoms with Crippen molar-refractivity contribution < 1.29 is 18.8 Å². The van der Waals surface area contributed by atoms with Crippen LogP contribution in [0.5, 0.6) is 0 Å². The first-order valence-electron chi connectivity index (χ1n) is 13.6. The molecule has 0 radical (unpaired) electrons. The Morgan fingerprint density at radius 2 is 1.77 bits per heavy atom. The molecule has 44 heavy (non-hydrogen) atoms. The number of anilines is 2. The molecule has 5 rings (SSSR count). The van der Waals surface area contributed by atoms with Gasteiger partial charge < -0.3 is 20.4 Å². The highest BCUT2D eigenvalue weighted by Gasteiger charge is 2.36. The van der Waals surface area contributed by atoms with Gasteiger partial charge in [-0.3, -0.25) is 14.4 Å². The minimum Gasteiger partial charge on any atom is -0.468 e. The molecule has 0 fully saturated rings. The summed E-state index contributed by atoms with van der Waals surface area (Å²) < 4.78 is 5.68. The van der Waals surface area contributed by atoms with Gasteiger partial charge in [-0.1, -0.05) is 65.8 Å². The lowest BCUT2D eigenvalue weighted by molar-refractivity contribution is -0.114. The first kappa shape index (κ1) is 30.4. The molecule has 0 bridgehead atoms. The van der Waals surface area contributed by atoms with Crippen molar-refractivity contribution in [1.29, 1.82) is 5.26 Å². The zero-order chi connectivity index (χ0) is 31.2. The first-order chi connectivity index (χ1) is 21.2. The van der Waals surface area contributed by atoms with Gasteiger partial charge >= 0.3 is 0 Å². The number of ketones is 1. The van der Waals surface area contributed by atoms with Crippen LogP contribution in [0.2, 0.25) is 5.02 Å². The number of aryl methyl sites for hydroxylation is 1. The van der Waals surface area contributed by atoms with E-state index in [0.717, 1.165) is 17.3 Å². The van der Waals surface area contributed by atoms with Gasteiger partial charge in [-0.15, -0.1) is 0 Å². The third kappa shape index (κ3) is 6.78. The van der Waals surface area contributed by atoms with Gasteiger partial charge in [0.15, 0.2) is 5.78 Å². The molecule has 4 aromatic rings. The van der Waals surface area contributed by atoms with Crippen molar-refractivity contribution in [3.63, 3.8) is 0 Å². The highest BCUT2D eigenvalue weighted by molar-refractivity contribution is 8.03. The van der Waals surface area contributed by atoms with Gasteiger partial charge in [0, 0.05) is 27.5 Å². The van der Waals surface area contributed by atoms with Crippen LogP contribution in [0, 0.1) is 18.3 Å². The Labute approximate surface area is 263 Å². The number of carbonyl (C=O) groups is 3. The summed E-state index contributed by atoms with van der Waals surface area (Å²) in [5.74, 6) is -1.52. The van der Waals surface area contributed by atoms with E-state index in [1.54, 1.807) is 61.5 Å². The van der Waals surface area contributed by atoms with E-state index in [1.165, 1.54) is 12.3 Å². The van der Waals surface area contributed by atoms with Crippen LogP contribution in [0.25, 0.3) is 0 Å². The number of nitrogens with one attached hydrogen (secondary N) is 3. The van der Waals surface area contributed by atoms with Gasteiger partial charge in [0.25, 0.3) is 5.91 Å². The van der Waals surface area contributed by atoms with Crippen molar-refractivity contribution in [2.75, 3.05) is 16.4 Å². The average molecular weight is 623 g/mol. The maximum Gasteiger partial charge on any atom is 0.254 e. The number of rotatable bonds is 9. The predicted octanol–water partition coefficient (Wildman–Crippen LogP) is 7.18. The van der Waals surface area contributed by atoms with Crippen molar-refractivity contribution in [2.24, 2.45) is 0 Å². The van der Waals surface area contributed by atoms with E-state index in [9.17, 15) is 19.6 Å². The maximum absolute atomic E-state index is 13.6. The average Bonchev–Trinajstić information content (AvgIpc) is 3.55. The molecular formula is C34H27ClN4O4S. The number of furan rings is 1. The van der Waals surface area contributed by atoms with Crippen LogP contribution in [0.1, 0.15) is 40.1 Å². The summed E-state index contributed by atoms with van der Waals surface area (Å²) in [4.78, 5) is 39.9. The fourth-order valence-electron chi connectivity index (χ4n) is 4.87. The summed E-state index contributed by atoms with van der Waals surface area (Å²) in [7, 11) is 0. The van der Waals surface area contributed by atoms with Crippen molar-refractivity contribution in [2.45, 2.75) is 19.8 Å². The third-order valence-electron chi connectivity index (χ3n) is 6.88. The largest absolute Gasteiger partial charge is 0.468 e. The summed E-state index contributed by atoms with van der Waals surface area (Å²) in [5, 5.41) is 19.9. The van der Waals surface area contributed by atoms with Gasteiger partial charge in [-0.25, -0.2) is 0 Å². The molecular weight excluding hydrogens is 596 g/mol. The van der Waals surface area contributed by atoms with E-state index in [2.05, 4.69) is 22.0 Å². The lowest BCUT2D eigenvalue weighted by atomic mass is 9.85. The Kier molecular flexibility index (Phi) is 9.34. The number of amides is 2. The molecule has 0 unspecified atom stereocenters. The quantitative estimate of drug-likeness (QED) is 0.169. The number of nitriles is 1. The van der Waals surface area contributed by atoms with E-state index in [0.29, 0.717) is 44.0 Å². The van der Waals surface area contributed by atoms with Crippen LogP contribution in [0.3, 0.4) is 0 Å². The molecule has 2 amide bonds. The molecule has 3 aromatic carbocycles. The van der Waals surface area contributed by atoms with Crippen LogP contribution in [0.15, 0.2) is 117 Å². The first-order valence-corrected chi connectivity index (χ1v) is 15.0. The Morgan fingerprint density at radius 3 is 2.48 bits per heavy atom. The van der Waals surface area contributed by atoms with Gasteiger partial charge in [0.2, 0.25) is 5.91 Å². The molecule has 1 aromatic heterocycles. The highest BCUT2D eigenvalue weighted by atomic mass is 35.5. The molecule has 0 aliphatic carbocycles. The molecule has 0 spiro atoms. The molecule has 1 aliphatic rings. The Balaban J connectivity index is 1.37. The molecule has 10 heteroatoms. The molecule has 0 saturated carbocycles. The Hall–Kier alpha value is -5.04. The van der Waals surface area contributed by atoms with Crippen molar-refractivity contribution in [1.82, 2.24) is 5.32 Å². The molecule has 1 aliphatic heterocycles.